The summed E-state index contributed by atoms with van der Waals surface area (Å²) >= 11 is 7.29. The summed E-state index contributed by atoms with van der Waals surface area (Å²) in [6.07, 6.45) is 0. The van der Waals surface area contributed by atoms with Crippen LogP contribution in [0, 0.1) is 0 Å². The average Bonchev–Trinajstić information content (AvgIpc) is 2.40. The lowest BCUT2D eigenvalue weighted by atomic mass is 10.4. The highest BCUT2D eigenvalue weighted by Crippen LogP contribution is 2.20. The van der Waals surface area contributed by atoms with Crippen LogP contribution in [-0.4, -0.2) is 19.9 Å². The van der Waals surface area contributed by atoms with Crippen LogP contribution in [0.2, 0.25) is 5.02 Å². The van der Waals surface area contributed by atoms with Gasteiger partial charge in [-0.05, 0) is 36.4 Å². The maximum absolute atomic E-state index is 12.1. The Kier molecular flexibility index (Phi) is 4.91. The minimum Gasteiger partial charge on any atom is -0.224 e. The van der Waals surface area contributed by atoms with Crippen molar-refractivity contribution in [2.75, 3.05) is 11.5 Å². The Labute approximate surface area is 122 Å². The van der Waals surface area contributed by atoms with E-state index < -0.39 is 9.84 Å². The van der Waals surface area contributed by atoms with Gasteiger partial charge >= 0.3 is 0 Å². The molecule has 0 bridgehead atoms. The van der Waals surface area contributed by atoms with Crippen LogP contribution < -0.4 is 0 Å². The molecule has 5 heteroatoms. The Bertz CT molecular complexity index is 622. The number of thioether (sulfide) groups is 1. The zero-order valence-corrected chi connectivity index (χ0v) is 12.5. The van der Waals surface area contributed by atoms with E-state index in [1.54, 1.807) is 24.3 Å². The molecular weight excluding hydrogens is 300 g/mol. The molecule has 0 aliphatic heterocycles. The summed E-state index contributed by atoms with van der Waals surface area (Å²) < 4.78 is 24.2. The van der Waals surface area contributed by atoms with Gasteiger partial charge in [-0.15, -0.1) is 11.8 Å². The minimum atomic E-state index is -3.23. The lowest BCUT2D eigenvalue weighted by Gasteiger charge is -2.04. The predicted octanol–water partition coefficient (Wildman–Crippen LogP) is 3.91. The molecule has 2 aromatic carbocycles. The third-order valence-electron chi connectivity index (χ3n) is 2.54. The SMILES string of the molecule is O=S(=O)(CCSc1ccccc1)c1ccc(Cl)cc1. The van der Waals surface area contributed by atoms with E-state index >= 15 is 0 Å². The van der Waals surface area contributed by atoms with Crippen LogP contribution in [0.4, 0.5) is 0 Å². The fourth-order valence-corrected chi connectivity index (χ4v) is 4.25. The molecule has 2 rings (SSSR count). The molecule has 0 aliphatic carbocycles. The molecule has 19 heavy (non-hydrogen) atoms. The molecule has 0 N–H and O–H groups in total. The molecule has 0 radical (unpaired) electrons. The normalized spacial score (nSPS) is 11.4. The van der Waals surface area contributed by atoms with Gasteiger partial charge in [-0.2, -0.15) is 0 Å². The van der Waals surface area contributed by atoms with Gasteiger partial charge in [0.05, 0.1) is 10.6 Å². The summed E-state index contributed by atoms with van der Waals surface area (Å²) in [5.41, 5.74) is 0. The monoisotopic (exact) mass is 312 g/mol. The van der Waals surface area contributed by atoms with E-state index in [1.807, 2.05) is 30.3 Å². The lowest BCUT2D eigenvalue weighted by Crippen LogP contribution is -2.08. The molecule has 2 nitrogen and oxygen atoms in total. The molecule has 0 spiro atoms. The third kappa shape index (κ3) is 4.27. The standard InChI is InChI=1S/C14H13ClO2S2/c15-12-6-8-14(9-7-12)19(16,17)11-10-18-13-4-2-1-3-5-13/h1-9H,10-11H2. The van der Waals surface area contributed by atoms with E-state index in [2.05, 4.69) is 0 Å². The minimum absolute atomic E-state index is 0.119. The lowest BCUT2D eigenvalue weighted by molar-refractivity contribution is 0.597. The van der Waals surface area contributed by atoms with Gasteiger partial charge in [0.1, 0.15) is 0 Å². The van der Waals surface area contributed by atoms with Gasteiger partial charge < -0.3 is 0 Å². The number of hydrogen-bond acceptors (Lipinski definition) is 3. The highest BCUT2D eigenvalue weighted by atomic mass is 35.5. The molecule has 0 unspecified atom stereocenters. The molecule has 0 aliphatic rings. The second-order valence-electron chi connectivity index (χ2n) is 3.93. The van der Waals surface area contributed by atoms with Crippen molar-refractivity contribution in [3.63, 3.8) is 0 Å². The first-order valence-corrected chi connectivity index (χ1v) is 8.76. The van der Waals surface area contributed by atoms with E-state index in [-0.39, 0.29) is 5.75 Å². The van der Waals surface area contributed by atoms with Crippen molar-refractivity contribution >= 4 is 33.2 Å². The average molecular weight is 313 g/mol. The van der Waals surface area contributed by atoms with Crippen molar-refractivity contribution in [1.82, 2.24) is 0 Å². The highest BCUT2D eigenvalue weighted by molar-refractivity contribution is 8.00. The summed E-state index contributed by atoms with van der Waals surface area (Å²) in [6.45, 7) is 0. The van der Waals surface area contributed by atoms with Gasteiger partial charge in [-0.3, -0.25) is 0 Å². The molecule has 0 saturated carbocycles. The Morgan fingerprint density at radius 2 is 1.58 bits per heavy atom. The van der Waals surface area contributed by atoms with Crippen LogP contribution >= 0.6 is 23.4 Å². The number of sulfone groups is 1. The summed E-state index contributed by atoms with van der Waals surface area (Å²) in [5.74, 6) is 0.656. The van der Waals surface area contributed by atoms with Crippen molar-refractivity contribution in [2.45, 2.75) is 9.79 Å². The zero-order chi connectivity index (χ0) is 13.7. The molecule has 0 fully saturated rings. The molecular formula is C14H13ClO2S2. The first-order valence-electron chi connectivity index (χ1n) is 5.74. The van der Waals surface area contributed by atoms with Gasteiger partial charge in [-0.25, -0.2) is 8.42 Å². The summed E-state index contributed by atoms with van der Waals surface area (Å²) in [4.78, 5) is 1.40. The Balaban J connectivity index is 1.97. The molecule has 100 valence electrons. The van der Waals surface area contributed by atoms with Crippen LogP contribution in [-0.2, 0) is 9.84 Å². The van der Waals surface area contributed by atoms with Gasteiger partial charge in [0.2, 0.25) is 0 Å². The summed E-state index contributed by atoms with van der Waals surface area (Å²) in [7, 11) is -3.23. The zero-order valence-electron chi connectivity index (χ0n) is 10.1. The second-order valence-corrected chi connectivity index (χ2v) is 7.65. The predicted molar refractivity (Wildman–Crippen MR) is 80.7 cm³/mol. The van der Waals surface area contributed by atoms with E-state index in [9.17, 15) is 8.42 Å². The maximum Gasteiger partial charge on any atom is 0.179 e. The molecule has 0 amide bonds. The second kappa shape index (κ2) is 6.46. The Morgan fingerprint density at radius 1 is 0.947 bits per heavy atom. The first-order chi connectivity index (χ1) is 9.08. The third-order valence-corrected chi connectivity index (χ3v) is 5.79. The van der Waals surface area contributed by atoms with Gasteiger partial charge in [0.25, 0.3) is 0 Å². The van der Waals surface area contributed by atoms with Gasteiger partial charge in [-0.1, -0.05) is 29.8 Å². The number of rotatable bonds is 5. The van der Waals surface area contributed by atoms with Gasteiger partial charge in [0, 0.05) is 15.7 Å². The maximum atomic E-state index is 12.1. The van der Waals surface area contributed by atoms with Crippen molar-refractivity contribution in [3.05, 3.63) is 59.6 Å². The van der Waals surface area contributed by atoms with E-state index in [0.29, 0.717) is 15.7 Å². The van der Waals surface area contributed by atoms with E-state index in [1.165, 1.54) is 11.8 Å². The van der Waals surface area contributed by atoms with Crippen molar-refractivity contribution in [1.29, 1.82) is 0 Å². The first kappa shape index (κ1) is 14.4. The van der Waals surface area contributed by atoms with Crippen molar-refractivity contribution in [3.8, 4) is 0 Å². The Morgan fingerprint density at radius 3 is 2.21 bits per heavy atom. The molecule has 0 atom stereocenters. The smallest absolute Gasteiger partial charge is 0.179 e. The van der Waals surface area contributed by atoms with Crippen molar-refractivity contribution in [2.24, 2.45) is 0 Å². The molecule has 0 heterocycles. The summed E-state index contributed by atoms with van der Waals surface area (Å²) in [5, 5.41) is 0.539. The molecule has 0 aromatic heterocycles. The van der Waals surface area contributed by atoms with Crippen LogP contribution in [0.5, 0.6) is 0 Å². The summed E-state index contributed by atoms with van der Waals surface area (Å²) in [6, 6.07) is 16.0. The quantitative estimate of drug-likeness (QED) is 0.785. The van der Waals surface area contributed by atoms with Crippen LogP contribution in [0.1, 0.15) is 0 Å². The fraction of sp³-hybridized carbons (Fsp3) is 0.143. The largest absolute Gasteiger partial charge is 0.224 e. The van der Waals surface area contributed by atoms with E-state index in [0.717, 1.165) is 4.90 Å². The van der Waals surface area contributed by atoms with E-state index in [4.69, 9.17) is 11.6 Å². The van der Waals surface area contributed by atoms with Crippen LogP contribution in [0.3, 0.4) is 0 Å². The highest BCUT2D eigenvalue weighted by Gasteiger charge is 2.13. The van der Waals surface area contributed by atoms with Gasteiger partial charge in [0.15, 0.2) is 9.84 Å². The van der Waals surface area contributed by atoms with Crippen LogP contribution in [0.15, 0.2) is 64.4 Å². The fourth-order valence-electron chi connectivity index (χ4n) is 1.55. The molecule has 0 saturated heterocycles. The number of halogens is 1. The number of hydrogen-bond donors (Lipinski definition) is 0. The number of benzene rings is 2. The molecule has 2 aromatic rings. The topological polar surface area (TPSA) is 34.1 Å². The van der Waals surface area contributed by atoms with Crippen molar-refractivity contribution < 1.29 is 8.42 Å². The van der Waals surface area contributed by atoms with Crippen LogP contribution in [0.25, 0.3) is 0 Å². The Hall–Kier alpha value is -0.970.